The van der Waals surface area contributed by atoms with Crippen LogP contribution >= 0.6 is 11.6 Å². The van der Waals surface area contributed by atoms with E-state index in [1.54, 1.807) is 6.07 Å². The van der Waals surface area contributed by atoms with E-state index >= 15 is 0 Å². The highest BCUT2D eigenvalue weighted by atomic mass is 35.5. The van der Waals surface area contributed by atoms with Gasteiger partial charge in [-0.05, 0) is 25.8 Å². The first kappa shape index (κ1) is 20.0. The van der Waals surface area contributed by atoms with Crippen LogP contribution in [0.25, 0.3) is 0 Å². The Balaban J connectivity index is 1.96. The zero-order valence-corrected chi connectivity index (χ0v) is 15.4. The lowest BCUT2D eigenvalue weighted by Crippen LogP contribution is -2.40. The second-order valence-electron chi connectivity index (χ2n) is 6.39. The van der Waals surface area contributed by atoms with E-state index in [4.69, 9.17) is 16.3 Å². The standard InChI is InChI=1S/C18H28ClN3O3/c1-2-20-17(22-12-18(7-9-23)8-10-25-13-18)21-11-16(24)14-5-3-4-6-15(14)19/h3-6,16,23-24H,2,7-13H2,1H3,(H2,20,21,22). The van der Waals surface area contributed by atoms with Gasteiger partial charge in [0.15, 0.2) is 5.96 Å². The number of aliphatic imine (C=N–C) groups is 1. The number of halogens is 1. The van der Waals surface area contributed by atoms with Crippen LogP contribution in [0.3, 0.4) is 0 Å². The summed E-state index contributed by atoms with van der Waals surface area (Å²) in [7, 11) is 0. The van der Waals surface area contributed by atoms with E-state index in [0.717, 1.165) is 13.0 Å². The van der Waals surface area contributed by atoms with E-state index in [9.17, 15) is 10.2 Å². The van der Waals surface area contributed by atoms with Gasteiger partial charge >= 0.3 is 0 Å². The Morgan fingerprint density at radius 3 is 2.84 bits per heavy atom. The van der Waals surface area contributed by atoms with Gasteiger partial charge < -0.3 is 25.6 Å². The van der Waals surface area contributed by atoms with Crippen LogP contribution in [0, 0.1) is 5.41 Å². The summed E-state index contributed by atoms with van der Waals surface area (Å²) in [5.74, 6) is 0.637. The molecule has 0 aromatic heterocycles. The number of guanidine groups is 1. The molecule has 0 saturated carbocycles. The molecule has 0 spiro atoms. The van der Waals surface area contributed by atoms with Crippen LogP contribution in [-0.4, -0.2) is 55.6 Å². The zero-order valence-electron chi connectivity index (χ0n) is 14.7. The first-order valence-electron chi connectivity index (χ1n) is 8.73. The molecule has 0 amide bonds. The molecule has 1 fully saturated rings. The van der Waals surface area contributed by atoms with Crippen molar-refractivity contribution in [2.24, 2.45) is 10.4 Å². The number of benzene rings is 1. The zero-order chi connectivity index (χ0) is 18.1. The van der Waals surface area contributed by atoms with Crippen LogP contribution in [0.5, 0.6) is 0 Å². The summed E-state index contributed by atoms with van der Waals surface area (Å²) in [6.45, 7) is 5.06. The van der Waals surface area contributed by atoms with Crippen LogP contribution in [0.1, 0.15) is 31.4 Å². The number of hydrogen-bond acceptors (Lipinski definition) is 4. The van der Waals surface area contributed by atoms with Crippen molar-refractivity contribution in [3.63, 3.8) is 0 Å². The number of nitrogens with zero attached hydrogens (tertiary/aromatic N) is 1. The van der Waals surface area contributed by atoms with Crippen molar-refractivity contribution < 1.29 is 14.9 Å². The van der Waals surface area contributed by atoms with Gasteiger partial charge in [0.1, 0.15) is 0 Å². The van der Waals surface area contributed by atoms with Crippen LogP contribution in [0.15, 0.2) is 29.3 Å². The molecule has 1 aromatic carbocycles. The maximum atomic E-state index is 10.4. The van der Waals surface area contributed by atoms with Crippen molar-refractivity contribution in [1.29, 1.82) is 0 Å². The third-order valence-corrected chi connectivity index (χ3v) is 4.82. The molecule has 2 unspecified atom stereocenters. The maximum Gasteiger partial charge on any atom is 0.191 e. The van der Waals surface area contributed by atoms with Crippen molar-refractivity contribution in [2.45, 2.75) is 25.9 Å². The first-order valence-corrected chi connectivity index (χ1v) is 9.11. The minimum atomic E-state index is -0.723. The molecule has 2 rings (SSSR count). The van der Waals surface area contributed by atoms with Gasteiger partial charge in [0.25, 0.3) is 0 Å². The molecule has 2 atom stereocenters. The predicted molar refractivity (Wildman–Crippen MR) is 100.0 cm³/mol. The molecule has 0 bridgehead atoms. The van der Waals surface area contributed by atoms with E-state index in [1.807, 2.05) is 25.1 Å². The van der Waals surface area contributed by atoms with Gasteiger partial charge in [0.2, 0.25) is 0 Å². The SMILES string of the molecule is CCNC(=NCC1(CCO)CCOC1)NCC(O)c1ccccc1Cl. The largest absolute Gasteiger partial charge is 0.396 e. The molecular weight excluding hydrogens is 342 g/mol. The molecule has 0 radical (unpaired) electrons. The summed E-state index contributed by atoms with van der Waals surface area (Å²) >= 11 is 6.12. The molecule has 1 saturated heterocycles. The van der Waals surface area contributed by atoms with Gasteiger partial charge in [-0.1, -0.05) is 29.8 Å². The molecule has 7 heteroatoms. The molecule has 140 valence electrons. The van der Waals surface area contributed by atoms with Crippen LogP contribution < -0.4 is 10.6 Å². The molecule has 0 aliphatic carbocycles. The number of aliphatic hydroxyl groups is 2. The number of ether oxygens (including phenoxy) is 1. The summed E-state index contributed by atoms with van der Waals surface area (Å²) in [5, 5.41) is 26.5. The summed E-state index contributed by atoms with van der Waals surface area (Å²) in [6.07, 6.45) is 0.857. The second-order valence-corrected chi connectivity index (χ2v) is 6.80. The number of nitrogens with one attached hydrogen (secondary N) is 2. The van der Waals surface area contributed by atoms with Gasteiger partial charge in [-0.15, -0.1) is 0 Å². The Morgan fingerprint density at radius 2 is 2.20 bits per heavy atom. The minimum Gasteiger partial charge on any atom is -0.396 e. The lowest BCUT2D eigenvalue weighted by molar-refractivity contribution is 0.131. The summed E-state index contributed by atoms with van der Waals surface area (Å²) in [4.78, 5) is 4.63. The van der Waals surface area contributed by atoms with Crippen molar-refractivity contribution in [3.05, 3.63) is 34.9 Å². The molecule has 1 aromatic rings. The molecule has 1 aliphatic heterocycles. The van der Waals surface area contributed by atoms with Crippen molar-refractivity contribution >= 4 is 17.6 Å². The van der Waals surface area contributed by atoms with Gasteiger partial charge in [0, 0.05) is 42.3 Å². The van der Waals surface area contributed by atoms with Crippen LogP contribution in [0.2, 0.25) is 5.02 Å². The Labute approximate surface area is 154 Å². The average Bonchev–Trinajstić information content (AvgIpc) is 3.07. The minimum absolute atomic E-state index is 0.0988. The van der Waals surface area contributed by atoms with Gasteiger partial charge in [-0.25, -0.2) is 0 Å². The third kappa shape index (κ3) is 5.85. The van der Waals surface area contributed by atoms with Crippen LogP contribution in [-0.2, 0) is 4.74 Å². The molecule has 1 aliphatic rings. The number of hydrogen-bond donors (Lipinski definition) is 4. The fraction of sp³-hybridized carbons (Fsp3) is 0.611. The Bertz CT molecular complexity index is 562. The summed E-state index contributed by atoms with van der Waals surface area (Å²) in [6, 6.07) is 7.26. The lowest BCUT2D eigenvalue weighted by atomic mass is 9.84. The quantitative estimate of drug-likeness (QED) is 0.414. The topological polar surface area (TPSA) is 86.1 Å². The highest BCUT2D eigenvalue weighted by Gasteiger charge is 2.34. The monoisotopic (exact) mass is 369 g/mol. The molecular formula is C18H28ClN3O3. The fourth-order valence-corrected chi connectivity index (χ4v) is 3.19. The normalized spacial score (nSPS) is 22.0. The first-order chi connectivity index (χ1) is 12.1. The number of rotatable bonds is 8. The predicted octanol–water partition coefficient (Wildman–Crippen LogP) is 1.72. The third-order valence-electron chi connectivity index (χ3n) is 4.47. The van der Waals surface area contributed by atoms with Crippen molar-refractivity contribution in [3.8, 4) is 0 Å². The maximum absolute atomic E-state index is 10.4. The van der Waals surface area contributed by atoms with Gasteiger partial charge in [-0.3, -0.25) is 4.99 Å². The Kier molecular flexibility index (Phi) is 7.96. The molecule has 1 heterocycles. The Hall–Kier alpha value is -1.34. The van der Waals surface area contributed by atoms with E-state index in [1.165, 1.54) is 0 Å². The van der Waals surface area contributed by atoms with Crippen molar-refractivity contribution in [2.75, 3.05) is 39.5 Å². The molecule has 25 heavy (non-hydrogen) atoms. The average molecular weight is 370 g/mol. The Morgan fingerprint density at radius 1 is 1.40 bits per heavy atom. The number of aliphatic hydroxyl groups excluding tert-OH is 2. The van der Waals surface area contributed by atoms with Gasteiger partial charge in [-0.2, -0.15) is 0 Å². The van der Waals surface area contributed by atoms with Crippen LogP contribution in [0.4, 0.5) is 0 Å². The fourth-order valence-electron chi connectivity index (χ4n) is 2.92. The van der Waals surface area contributed by atoms with Gasteiger partial charge in [0.05, 0.1) is 19.3 Å². The molecule has 4 N–H and O–H groups in total. The smallest absolute Gasteiger partial charge is 0.191 e. The van der Waals surface area contributed by atoms with E-state index in [0.29, 0.717) is 49.3 Å². The van der Waals surface area contributed by atoms with Crippen molar-refractivity contribution in [1.82, 2.24) is 10.6 Å². The highest BCUT2D eigenvalue weighted by molar-refractivity contribution is 6.31. The summed E-state index contributed by atoms with van der Waals surface area (Å²) in [5.41, 5.74) is 0.590. The van der Waals surface area contributed by atoms with E-state index < -0.39 is 6.10 Å². The lowest BCUT2D eigenvalue weighted by Gasteiger charge is -2.25. The van der Waals surface area contributed by atoms with E-state index in [2.05, 4.69) is 15.6 Å². The van der Waals surface area contributed by atoms with E-state index in [-0.39, 0.29) is 12.0 Å². The highest BCUT2D eigenvalue weighted by Crippen LogP contribution is 2.32. The second kappa shape index (κ2) is 9.97. The molecule has 6 nitrogen and oxygen atoms in total. The summed E-state index contributed by atoms with van der Waals surface area (Å²) < 4.78 is 5.50.